The fourth-order valence-electron chi connectivity index (χ4n) is 1.87. The van der Waals surface area contributed by atoms with Gasteiger partial charge in [0, 0.05) is 24.4 Å². The van der Waals surface area contributed by atoms with E-state index >= 15 is 0 Å². The Morgan fingerprint density at radius 1 is 1.32 bits per heavy atom. The van der Waals surface area contributed by atoms with Gasteiger partial charge >= 0.3 is 0 Å². The first-order chi connectivity index (χ1) is 9.22. The van der Waals surface area contributed by atoms with Gasteiger partial charge in [-0.1, -0.05) is 13.0 Å². The molecule has 0 saturated carbocycles. The van der Waals surface area contributed by atoms with Gasteiger partial charge in [0.15, 0.2) is 0 Å². The van der Waals surface area contributed by atoms with Crippen LogP contribution in [0.2, 0.25) is 0 Å². The highest BCUT2D eigenvalue weighted by molar-refractivity contribution is 7.10. The van der Waals surface area contributed by atoms with Crippen LogP contribution in [0.15, 0.2) is 23.6 Å². The van der Waals surface area contributed by atoms with E-state index in [-0.39, 0.29) is 6.04 Å². The maximum Gasteiger partial charge on any atom is 0.133 e. The molecule has 0 aliphatic heterocycles. The van der Waals surface area contributed by atoms with Crippen LogP contribution in [0.5, 0.6) is 0 Å². The topological polar surface area (TPSA) is 49.8 Å². The summed E-state index contributed by atoms with van der Waals surface area (Å²) in [6, 6.07) is 6.41. The van der Waals surface area contributed by atoms with Gasteiger partial charge in [-0.15, -0.1) is 11.3 Å². The number of thiophene rings is 1. The third-order valence-corrected chi connectivity index (χ3v) is 3.89. The summed E-state index contributed by atoms with van der Waals surface area (Å²) in [5.74, 6) is 2.62. The van der Waals surface area contributed by atoms with Crippen LogP contribution in [-0.4, -0.2) is 17.0 Å². The Morgan fingerprint density at radius 3 is 2.74 bits per heavy atom. The van der Waals surface area contributed by atoms with Crippen molar-refractivity contribution in [2.24, 2.45) is 0 Å². The van der Waals surface area contributed by atoms with Gasteiger partial charge in [-0.2, -0.15) is 0 Å². The molecular weight excluding hydrogens is 256 g/mol. The Morgan fingerprint density at radius 2 is 2.11 bits per heavy atom. The number of aryl methyl sites for hydroxylation is 1. The van der Waals surface area contributed by atoms with Crippen LogP contribution in [0.3, 0.4) is 0 Å². The first kappa shape index (κ1) is 13.8. The molecule has 0 bridgehead atoms. The van der Waals surface area contributed by atoms with Gasteiger partial charge in [0.25, 0.3) is 0 Å². The molecule has 2 N–H and O–H groups in total. The van der Waals surface area contributed by atoms with Crippen LogP contribution in [-0.2, 0) is 6.42 Å². The van der Waals surface area contributed by atoms with E-state index in [4.69, 9.17) is 0 Å². The molecule has 0 saturated heterocycles. The number of nitrogens with zero attached hydrogens (tertiary/aromatic N) is 2. The Labute approximate surface area is 118 Å². The average Bonchev–Trinajstić information content (AvgIpc) is 2.92. The molecule has 4 nitrogen and oxygen atoms in total. The largest absolute Gasteiger partial charge is 0.373 e. The van der Waals surface area contributed by atoms with Crippen molar-refractivity contribution in [2.45, 2.75) is 32.7 Å². The number of hydrogen-bond donors (Lipinski definition) is 2. The van der Waals surface area contributed by atoms with E-state index in [1.807, 2.05) is 13.1 Å². The molecule has 0 amide bonds. The van der Waals surface area contributed by atoms with Gasteiger partial charge in [0.1, 0.15) is 17.5 Å². The number of hydrogen-bond acceptors (Lipinski definition) is 5. The Hall–Kier alpha value is -1.62. The third kappa shape index (κ3) is 3.67. The Balaban J connectivity index is 2.16. The highest BCUT2D eigenvalue weighted by Gasteiger charge is 2.09. The van der Waals surface area contributed by atoms with Crippen LogP contribution in [0, 0.1) is 0 Å². The second-order valence-electron chi connectivity index (χ2n) is 4.44. The number of rotatable bonds is 6. The van der Waals surface area contributed by atoms with Crippen molar-refractivity contribution < 1.29 is 0 Å². The number of nitrogens with one attached hydrogen (secondary N) is 2. The highest BCUT2D eigenvalue weighted by Crippen LogP contribution is 2.23. The van der Waals surface area contributed by atoms with Gasteiger partial charge < -0.3 is 10.6 Å². The normalized spacial score (nSPS) is 12.2. The Bertz CT molecular complexity index is 510. The predicted octanol–water partition coefficient (Wildman–Crippen LogP) is 3.71. The quantitative estimate of drug-likeness (QED) is 0.844. The van der Waals surface area contributed by atoms with Crippen molar-refractivity contribution in [2.75, 3.05) is 17.7 Å². The van der Waals surface area contributed by atoms with Crippen molar-refractivity contribution in [3.05, 3.63) is 34.3 Å². The first-order valence-corrected chi connectivity index (χ1v) is 7.46. The molecule has 0 aliphatic rings. The highest BCUT2D eigenvalue weighted by atomic mass is 32.1. The van der Waals surface area contributed by atoms with Gasteiger partial charge in [-0.05, 0) is 24.8 Å². The number of aromatic nitrogens is 2. The lowest BCUT2D eigenvalue weighted by Crippen LogP contribution is -2.09. The molecule has 1 unspecified atom stereocenters. The first-order valence-electron chi connectivity index (χ1n) is 6.58. The molecule has 2 rings (SSSR count). The predicted molar refractivity (Wildman–Crippen MR) is 81.9 cm³/mol. The van der Waals surface area contributed by atoms with Crippen LogP contribution >= 0.6 is 11.3 Å². The van der Waals surface area contributed by atoms with E-state index in [0.29, 0.717) is 0 Å². The standard InChI is InChI=1S/C14H20N4S/c1-4-6-12-17-13(15-3)9-14(18-12)16-10(2)11-7-5-8-19-11/h5,7-10H,4,6H2,1-3H3,(H2,15,16,17,18). The van der Waals surface area contributed by atoms with Crippen molar-refractivity contribution in [1.82, 2.24) is 9.97 Å². The molecule has 0 spiro atoms. The molecule has 102 valence electrons. The van der Waals surface area contributed by atoms with Gasteiger partial charge in [0.2, 0.25) is 0 Å². The van der Waals surface area contributed by atoms with Gasteiger partial charge in [-0.3, -0.25) is 0 Å². The second kappa shape index (κ2) is 6.52. The molecule has 0 radical (unpaired) electrons. The molecule has 0 fully saturated rings. The molecule has 0 aromatic carbocycles. The third-order valence-electron chi connectivity index (χ3n) is 2.84. The van der Waals surface area contributed by atoms with E-state index in [9.17, 15) is 0 Å². The summed E-state index contributed by atoms with van der Waals surface area (Å²) in [7, 11) is 1.88. The summed E-state index contributed by atoms with van der Waals surface area (Å²) in [5, 5.41) is 8.62. The lowest BCUT2D eigenvalue weighted by Gasteiger charge is -2.14. The lowest BCUT2D eigenvalue weighted by molar-refractivity contribution is 0.824. The zero-order chi connectivity index (χ0) is 13.7. The van der Waals surface area contributed by atoms with Gasteiger partial charge in [0.05, 0.1) is 6.04 Å². The average molecular weight is 276 g/mol. The van der Waals surface area contributed by atoms with E-state index in [1.165, 1.54) is 4.88 Å². The second-order valence-corrected chi connectivity index (χ2v) is 5.42. The minimum Gasteiger partial charge on any atom is -0.373 e. The zero-order valence-corrected chi connectivity index (χ0v) is 12.4. The summed E-state index contributed by atoms with van der Waals surface area (Å²) in [4.78, 5) is 10.3. The smallest absolute Gasteiger partial charge is 0.133 e. The van der Waals surface area contributed by atoms with Crippen LogP contribution in [0.4, 0.5) is 11.6 Å². The van der Waals surface area contributed by atoms with Crippen molar-refractivity contribution in [3.8, 4) is 0 Å². The SMILES string of the molecule is CCCc1nc(NC)cc(NC(C)c2cccs2)n1. The molecule has 0 aliphatic carbocycles. The molecule has 2 aromatic heterocycles. The van der Waals surface area contributed by atoms with E-state index in [2.05, 4.69) is 52.0 Å². The summed E-state index contributed by atoms with van der Waals surface area (Å²) >= 11 is 1.75. The molecule has 5 heteroatoms. The molecule has 2 aromatic rings. The van der Waals surface area contributed by atoms with E-state index in [0.717, 1.165) is 30.3 Å². The van der Waals surface area contributed by atoms with Crippen LogP contribution in [0.25, 0.3) is 0 Å². The summed E-state index contributed by atoms with van der Waals surface area (Å²) in [6.07, 6.45) is 1.95. The maximum atomic E-state index is 4.56. The molecule has 19 heavy (non-hydrogen) atoms. The zero-order valence-electron chi connectivity index (χ0n) is 11.6. The van der Waals surface area contributed by atoms with Crippen LogP contribution in [0.1, 0.15) is 37.0 Å². The minimum absolute atomic E-state index is 0.258. The molecule has 1 atom stereocenters. The van der Waals surface area contributed by atoms with Gasteiger partial charge in [-0.25, -0.2) is 9.97 Å². The van der Waals surface area contributed by atoms with Crippen LogP contribution < -0.4 is 10.6 Å². The van der Waals surface area contributed by atoms with E-state index in [1.54, 1.807) is 11.3 Å². The summed E-state index contributed by atoms with van der Waals surface area (Å²) in [6.45, 7) is 4.28. The minimum atomic E-state index is 0.258. The van der Waals surface area contributed by atoms with Crippen molar-refractivity contribution in [1.29, 1.82) is 0 Å². The summed E-state index contributed by atoms with van der Waals surface area (Å²) < 4.78 is 0. The maximum absolute atomic E-state index is 4.56. The van der Waals surface area contributed by atoms with E-state index < -0.39 is 0 Å². The van der Waals surface area contributed by atoms with Crippen molar-refractivity contribution >= 4 is 23.0 Å². The van der Waals surface area contributed by atoms with Crippen molar-refractivity contribution in [3.63, 3.8) is 0 Å². The fourth-order valence-corrected chi connectivity index (χ4v) is 2.60. The lowest BCUT2D eigenvalue weighted by atomic mass is 10.2. The number of anilines is 2. The molecular formula is C14H20N4S. The monoisotopic (exact) mass is 276 g/mol. The summed E-state index contributed by atoms with van der Waals surface area (Å²) in [5.41, 5.74) is 0. The Kier molecular flexibility index (Phi) is 4.74. The molecule has 2 heterocycles. The fraction of sp³-hybridized carbons (Fsp3) is 0.429.